The van der Waals surface area contributed by atoms with Crippen LogP contribution in [-0.4, -0.2) is 9.13 Å². The van der Waals surface area contributed by atoms with Gasteiger partial charge in [-0.25, -0.2) is 4.79 Å². The Morgan fingerprint density at radius 1 is 1.50 bits per heavy atom. The van der Waals surface area contributed by atoms with Gasteiger partial charge in [0, 0.05) is 18.8 Å². The van der Waals surface area contributed by atoms with Crippen LogP contribution in [0.3, 0.4) is 0 Å². The van der Waals surface area contributed by atoms with Crippen LogP contribution in [0.2, 0.25) is 0 Å². The number of nitrogens with zero attached hydrogens (tertiary/aromatic N) is 3. The lowest BCUT2D eigenvalue weighted by atomic mass is 10.3. The van der Waals surface area contributed by atoms with Crippen LogP contribution >= 0.6 is 0 Å². The predicted molar refractivity (Wildman–Crippen MR) is 58.2 cm³/mol. The van der Waals surface area contributed by atoms with Crippen LogP contribution in [0.4, 0.5) is 0 Å². The lowest BCUT2D eigenvalue weighted by Gasteiger charge is -2.08. The quantitative estimate of drug-likeness (QED) is 0.748. The highest BCUT2D eigenvalue weighted by atomic mass is 16.2. The Balaban J connectivity index is 2.66. The summed E-state index contributed by atoms with van der Waals surface area (Å²) in [5.41, 5.74) is -0.695. The van der Waals surface area contributed by atoms with Crippen molar-refractivity contribution in [2.45, 2.75) is 38.8 Å². The Kier molecular flexibility index (Phi) is 2.65. The second-order valence-electron chi connectivity index (χ2n) is 4.03. The minimum absolute atomic E-state index is 0.0555. The topological polar surface area (TPSA) is 67.8 Å². The van der Waals surface area contributed by atoms with Gasteiger partial charge in [0.25, 0.3) is 5.56 Å². The molecule has 1 fully saturated rings. The molecule has 84 valence electrons. The van der Waals surface area contributed by atoms with Gasteiger partial charge in [-0.2, -0.15) is 5.26 Å². The zero-order valence-corrected chi connectivity index (χ0v) is 9.14. The Labute approximate surface area is 92.6 Å². The first-order chi connectivity index (χ1) is 7.69. The molecule has 0 saturated heterocycles. The smallest absolute Gasteiger partial charge is 0.296 e. The first-order valence-electron chi connectivity index (χ1n) is 5.45. The fraction of sp³-hybridized carbons (Fsp3) is 0.545. The lowest BCUT2D eigenvalue weighted by molar-refractivity contribution is 0.550. The number of nitriles is 1. The minimum Gasteiger partial charge on any atom is -0.296 e. The number of rotatable bonds is 3. The van der Waals surface area contributed by atoms with Gasteiger partial charge < -0.3 is 0 Å². The predicted octanol–water partition coefficient (Wildman–Crippen LogP) is 0.627. The molecule has 1 aromatic heterocycles. The second kappa shape index (κ2) is 3.97. The highest BCUT2D eigenvalue weighted by Gasteiger charge is 2.26. The molecule has 0 aliphatic heterocycles. The molecule has 2 rings (SSSR count). The Bertz CT molecular complexity index is 558. The van der Waals surface area contributed by atoms with Crippen molar-refractivity contribution in [3.63, 3.8) is 0 Å². The van der Waals surface area contributed by atoms with Crippen LogP contribution in [0.25, 0.3) is 0 Å². The maximum Gasteiger partial charge on any atom is 0.331 e. The Hall–Kier alpha value is -1.83. The van der Waals surface area contributed by atoms with Gasteiger partial charge in [-0.3, -0.25) is 13.9 Å². The maximum absolute atomic E-state index is 11.9. The van der Waals surface area contributed by atoms with Crippen molar-refractivity contribution in [1.82, 2.24) is 9.13 Å². The summed E-state index contributed by atoms with van der Waals surface area (Å²) >= 11 is 0. The molecule has 0 bridgehead atoms. The molecule has 0 N–H and O–H groups in total. The molecule has 5 heteroatoms. The summed E-state index contributed by atoms with van der Waals surface area (Å²) < 4.78 is 2.69. The third-order valence-electron chi connectivity index (χ3n) is 2.70. The van der Waals surface area contributed by atoms with E-state index in [1.54, 1.807) is 0 Å². The van der Waals surface area contributed by atoms with E-state index in [0.717, 1.165) is 17.4 Å². The van der Waals surface area contributed by atoms with E-state index in [4.69, 9.17) is 5.26 Å². The van der Waals surface area contributed by atoms with Gasteiger partial charge in [0.1, 0.15) is 11.6 Å². The van der Waals surface area contributed by atoms with Crippen LogP contribution < -0.4 is 11.2 Å². The van der Waals surface area contributed by atoms with Crippen molar-refractivity contribution >= 4 is 0 Å². The first kappa shape index (κ1) is 10.7. The number of hydrogen-bond acceptors (Lipinski definition) is 3. The summed E-state index contributed by atoms with van der Waals surface area (Å²) in [4.78, 5) is 23.7. The van der Waals surface area contributed by atoms with Gasteiger partial charge in [-0.15, -0.1) is 0 Å². The van der Waals surface area contributed by atoms with E-state index in [-0.39, 0.29) is 17.3 Å². The zero-order chi connectivity index (χ0) is 11.7. The van der Waals surface area contributed by atoms with Crippen molar-refractivity contribution in [3.8, 4) is 6.07 Å². The monoisotopic (exact) mass is 219 g/mol. The molecule has 1 aliphatic rings. The standard InChI is InChI=1S/C11H13N3O2/c1-2-5-13-10(15)8(6-12)7-14(11(13)16)9-3-4-9/h7,9H,2-5H2,1H3. The van der Waals surface area contributed by atoms with Gasteiger partial charge in [0.05, 0.1) is 0 Å². The molecule has 0 atom stereocenters. The molecule has 1 aromatic rings. The molecule has 0 unspecified atom stereocenters. The summed E-state index contributed by atoms with van der Waals surface area (Å²) in [7, 11) is 0. The van der Waals surface area contributed by atoms with E-state index in [1.165, 1.54) is 10.8 Å². The fourth-order valence-corrected chi connectivity index (χ4v) is 1.73. The van der Waals surface area contributed by atoms with Crippen LogP contribution in [0.15, 0.2) is 15.8 Å². The van der Waals surface area contributed by atoms with Crippen molar-refractivity contribution < 1.29 is 0 Å². The normalized spacial score (nSPS) is 14.8. The summed E-state index contributed by atoms with van der Waals surface area (Å²) in [6.45, 7) is 2.27. The molecule has 5 nitrogen and oxygen atoms in total. The molecule has 0 radical (unpaired) electrons. The fourth-order valence-electron chi connectivity index (χ4n) is 1.73. The van der Waals surface area contributed by atoms with E-state index in [2.05, 4.69) is 0 Å². The van der Waals surface area contributed by atoms with E-state index in [9.17, 15) is 9.59 Å². The highest BCUT2D eigenvalue weighted by Crippen LogP contribution is 2.33. The SMILES string of the molecule is CCCn1c(=O)c(C#N)cn(C2CC2)c1=O. The molecule has 1 aliphatic carbocycles. The largest absolute Gasteiger partial charge is 0.331 e. The molecule has 0 aromatic carbocycles. The number of aromatic nitrogens is 2. The Morgan fingerprint density at radius 2 is 2.19 bits per heavy atom. The van der Waals surface area contributed by atoms with Gasteiger partial charge in [-0.05, 0) is 19.3 Å². The van der Waals surface area contributed by atoms with Crippen LogP contribution in [0.5, 0.6) is 0 Å². The second-order valence-corrected chi connectivity index (χ2v) is 4.03. The zero-order valence-electron chi connectivity index (χ0n) is 9.14. The van der Waals surface area contributed by atoms with Gasteiger partial charge >= 0.3 is 5.69 Å². The summed E-state index contributed by atoms with van der Waals surface area (Å²) in [6.07, 6.45) is 4.01. The molecule has 0 amide bonds. The number of hydrogen-bond donors (Lipinski definition) is 0. The maximum atomic E-state index is 11.9. The molecule has 1 heterocycles. The van der Waals surface area contributed by atoms with Gasteiger partial charge in [-0.1, -0.05) is 6.92 Å². The van der Waals surface area contributed by atoms with E-state index >= 15 is 0 Å². The molecular formula is C11H13N3O2. The molecule has 1 saturated carbocycles. The average molecular weight is 219 g/mol. The minimum atomic E-state index is -0.466. The lowest BCUT2D eigenvalue weighted by Crippen LogP contribution is -2.40. The molecular weight excluding hydrogens is 206 g/mol. The van der Waals surface area contributed by atoms with E-state index < -0.39 is 5.56 Å². The van der Waals surface area contributed by atoms with E-state index in [1.807, 2.05) is 13.0 Å². The third kappa shape index (κ3) is 1.67. The Morgan fingerprint density at radius 3 is 2.69 bits per heavy atom. The van der Waals surface area contributed by atoms with Crippen LogP contribution in [-0.2, 0) is 6.54 Å². The summed E-state index contributed by atoms with van der Waals surface area (Å²) in [6, 6.07) is 2.03. The van der Waals surface area contributed by atoms with Crippen LogP contribution in [0, 0.1) is 11.3 Å². The highest BCUT2D eigenvalue weighted by molar-refractivity contribution is 5.23. The van der Waals surface area contributed by atoms with Crippen molar-refractivity contribution in [2.24, 2.45) is 0 Å². The van der Waals surface area contributed by atoms with Crippen molar-refractivity contribution in [1.29, 1.82) is 5.26 Å². The van der Waals surface area contributed by atoms with E-state index in [0.29, 0.717) is 13.0 Å². The van der Waals surface area contributed by atoms with Crippen molar-refractivity contribution in [2.75, 3.05) is 0 Å². The van der Waals surface area contributed by atoms with Crippen molar-refractivity contribution in [3.05, 3.63) is 32.6 Å². The van der Waals surface area contributed by atoms with Gasteiger partial charge in [0.2, 0.25) is 0 Å². The first-order valence-corrected chi connectivity index (χ1v) is 5.45. The summed E-state index contributed by atoms with van der Waals surface area (Å²) in [5.74, 6) is 0. The average Bonchev–Trinajstić information content (AvgIpc) is 3.08. The van der Waals surface area contributed by atoms with Crippen LogP contribution in [0.1, 0.15) is 37.8 Å². The summed E-state index contributed by atoms with van der Waals surface area (Å²) in [5, 5.41) is 8.85. The molecule has 0 spiro atoms. The molecule has 16 heavy (non-hydrogen) atoms. The van der Waals surface area contributed by atoms with Gasteiger partial charge in [0.15, 0.2) is 0 Å². The third-order valence-corrected chi connectivity index (χ3v) is 2.70.